The molecule has 21 heteroatoms. The van der Waals surface area contributed by atoms with Crippen molar-refractivity contribution in [3.8, 4) is 28.2 Å². The van der Waals surface area contributed by atoms with Crippen LogP contribution in [-0.2, 0) is 32.3 Å². The Labute approximate surface area is 293 Å². The number of nitrogen functional groups attached to an aromatic ring is 1. The van der Waals surface area contributed by atoms with E-state index >= 15 is 0 Å². The number of nitrogens with zero attached hydrogens (tertiary/aromatic N) is 3. The van der Waals surface area contributed by atoms with Gasteiger partial charge in [-0.1, -0.05) is 23.2 Å². The molecule has 2 aliphatic rings. The highest BCUT2D eigenvalue weighted by Gasteiger charge is 2.33. The molecule has 0 atom stereocenters. The smallest absolute Gasteiger partial charge is 0.338 e. The van der Waals surface area contributed by atoms with E-state index in [4.69, 9.17) is 33.4 Å². The van der Waals surface area contributed by atoms with Crippen molar-refractivity contribution in [3.05, 3.63) is 71.3 Å². The number of nitrogens with two attached hydrogens (primary N) is 1. The highest BCUT2D eigenvalue weighted by Crippen LogP contribution is 2.49. The molecule has 0 saturated carbocycles. The van der Waals surface area contributed by atoms with E-state index in [1.165, 1.54) is 0 Å². The van der Waals surface area contributed by atoms with Gasteiger partial charge in [-0.05, 0) is 18.2 Å². The minimum atomic E-state index is -1.76. The first-order chi connectivity index (χ1) is 23.8. The molecule has 0 spiro atoms. The Kier molecular flexibility index (Phi) is 11.0. The van der Waals surface area contributed by atoms with Crippen LogP contribution in [0.3, 0.4) is 0 Å². The summed E-state index contributed by atoms with van der Waals surface area (Å²) in [5.74, 6) is -8.88. The van der Waals surface area contributed by atoms with Crippen molar-refractivity contribution >= 4 is 75.4 Å². The maximum absolute atomic E-state index is 13.5. The number of fused-ring (bicyclic) bond motifs is 2. The van der Waals surface area contributed by atoms with E-state index < -0.39 is 129 Å². The van der Waals surface area contributed by atoms with E-state index in [9.17, 15) is 69.5 Å². The van der Waals surface area contributed by atoms with Crippen LogP contribution in [-0.4, -0.2) is 101 Å². The van der Waals surface area contributed by atoms with Crippen molar-refractivity contribution in [1.29, 1.82) is 0 Å². The lowest BCUT2D eigenvalue weighted by atomic mass is 9.87. The third kappa shape index (κ3) is 7.91. The lowest BCUT2D eigenvalue weighted by Crippen LogP contribution is -2.35. The van der Waals surface area contributed by atoms with Gasteiger partial charge in [-0.25, -0.2) is 4.79 Å². The van der Waals surface area contributed by atoms with Crippen molar-refractivity contribution in [2.75, 3.05) is 31.9 Å². The number of nitro benzene ring substituents is 1. The molecule has 19 nitrogen and oxygen atoms in total. The summed E-state index contributed by atoms with van der Waals surface area (Å²) in [6.07, 6.45) is 0. The quantitative estimate of drug-likeness (QED) is 0.0397. The van der Waals surface area contributed by atoms with Crippen LogP contribution in [0, 0.1) is 10.1 Å². The van der Waals surface area contributed by atoms with E-state index in [0.29, 0.717) is 0 Å². The van der Waals surface area contributed by atoms with Gasteiger partial charge in [-0.3, -0.25) is 43.9 Å². The van der Waals surface area contributed by atoms with Crippen LogP contribution in [0.4, 0.5) is 11.4 Å². The maximum Gasteiger partial charge on any atom is 0.338 e. The van der Waals surface area contributed by atoms with E-state index in [2.05, 4.69) is 0 Å². The molecule has 0 bridgehead atoms. The molecule has 1 aliphatic carbocycles. The lowest BCUT2D eigenvalue weighted by molar-refractivity contribution is -0.383. The van der Waals surface area contributed by atoms with Gasteiger partial charge in [0.2, 0.25) is 5.43 Å². The highest BCUT2D eigenvalue weighted by molar-refractivity contribution is 6.33. The van der Waals surface area contributed by atoms with Crippen molar-refractivity contribution in [2.24, 2.45) is 0 Å². The SMILES string of the molecule is Nc1c([N+](=O)[O-])ccc(-c2c3cc(Cl)c(=O)c(CN(CC(=O)O)CC(=O)O)c-3oc3c(CN(CC(=O)O)CC(=O)O)c(O)c(Cl)cc23)c1C(=O)O. The Hall–Kier alpha value is -6.02. The van der Waals surface area contributed by atoms with E-state index in [1.807, 2.05) is 0 Å². The molecule has 0 fully saturated rings. The number of phenols is 1. The topological polar surface area (TPSA) is 313 Å². The number of carboxylic acids is 5. The molecule has 2 aromatic carbocycles. The second-order valence-electron chi connectivity index (χ2n) is 10.9. The number of aliphatic carboxylic acids is 4. The van der Waals surface area contributed by atoms with Crippen LogP contribution in [0.15, 0.2) is 33.5 Å². The summed E-state index contributed by atoms with van der Waals surface area (Å²) in [5.41, 5.74) is 0.574. The number of phenolic OH excluding ortho intramolecular Hbond substituents is 1. The summed E-state index contributed by atoms with van der Waals surface area (Å²) in [7, 11) is 0. The number of benzene rings is 3. The number of aromatic carboxylic acids is 1. The Morgan fingerprint density at radius 2 is 1.31 bits per heavy atom. The summed E-state index contributed by atoms with van der Waals surface area (Å²) in [6.45, 7) is -5.00. The minimum Gasteiger partial charge on any atom is -0.506 e. The molecule has 0 radical (unpaired) electrons. The van der Waals surface area contributed by atoms with Crippen molar-refractivity contribution in [1.82, 2.24) is 9.80 Å². The summed E-state index contributed by atoms with van der Waals surface area (Å²) < 4.78 is 6.15. The lowest BCUT2D eigenvalue weighted by Gasteiger charge is -2.25. The van der Waals surface area contributed by atoms with Crippen LogP contribution in [0.5, 0.6) is 5.75 Å². The predicted octanol–water partition coefficient (Wildman–Crippen LogP) is 2.71. The largest absolute Gasteiger partial charge is 0.506 e. The Morgan fingerprint density at radius 3 is 1.78 bits per heavy atom. The molecule has 4 rings (SSSR count). The first-order valence-corrected chi connectivity index (χ1v) is 14.8. The van der Waals surface area contributed by atoms with Crippen molar-refractivity contribution < 1.29 is 64.0 Å². The van der Waals surface area contributed by atoms with Gasteiger partial charge in [-0.2, -0.15) is 0 Å². The van der Waals surface area contributed by atoms with E-state index in [0.717, 1.165) is 34.1 Å². The number of hydrogen-bond donors (Lipinski definition) is 7. The minimum absolute atomic E-state index is 0.171. The van der Waals surface area contributed by atoms with Crippen molar-refractivity contribution in [2.45, 2.75) is 13.1 Å². The monoisotopic (exact) mass is 750 g/mol. The summed E-state index contributed by atoms with van der Waals surface area (Å²) in [6, 6.07) is 4.00. The number of aromatic hydroxyl groups is 1. The molecule has 268 valence electrons. The van der Waals surface area contributed by atoms with Gasteiger partial charge in [0.1, 0.15) is 22.8 Å². The second kappa shape index (κ2) is 14.8. The first-order valence-electron chi connectivity index (χ1n) is 14.1. The van der Waals surface area contributed by atoms with Crippen LogP contribution >= 0.6 is 23.2 Å². The average Bonchev–Trinajstić information content (AvgIpc) is 2.99. The number of rotatable bonds is 15. The molecular weight excluding hydrogens is 727 g/mol. The van der Waals surface area contributed by atoms with Gasteiger partial charge in [0.05, 0.1) is 57.8 Å². The molecule has 0 amide bonds. The molecule has 51 heavy (non-hydrogen) atoms. The molecule has 1 heterocycles. The highest BCUT2D eigenvalue weighted by atomic mass is 35.5. The normalized spacial score (nSPS) is 11.4. The van der Waals surface area contributed by atoms with Crippen LogP contribution in [0.25, 0.3) is 33.4 Å². The summed E-state index contributed by atoms with van der Waals surface area (Å²) >= 11 is 12.7. The van der Waals surface area contributed by atoms with Crippen LogP contribution in [0.1, 0.15) is 21.5 Å². The fraction of sp³-hybridized carbons (Fsp3) is 0.200. The zero-order chi connectivity index (χ0) is 38.1. The molecule has 0 aromatic heterocycles. The molecule has 0 unspecified atom stereocenters. The second-order valence-corrected chi connectivity index (χ2v) is 11.7. The summed E-state index contributed by atoms with van der Waals surface area (Å²) in [4.78, 5) is 84.9. The predicted molar refractivity (Wildman–Crippen MR) is 175 cm³/mol. The van der Waals surface area contributed by atoms with Gasteiger partial charge in [0.25, 0.3) is 5.69 Å². The third-order valence-corrected chi connectivity index (χ3v) is 8.00. The number of hydrogen-bond acceptors (Lipinski definition) is 13. The van der Waals surface area contributed by atoms with E-state index in [1.54, 1.807) is 0 Å². The number of carboxylic acid groups (broad SMARTS) is 5. The average molecular weight is 751 g/mol. The van der Waals surface area contributed by atoms with Gasteiger partial charge in [0.15, 0.2) is 0 Å². The van der Waals surface area contributed by atoms with Crippen molar-refractivity contribution in [3.63, 3.8) is 0 Å². The Bertz CT molecular complexity index is 2150. The number of nitro groups is 1. The third-order valence-electron chi connectivity index (χ3n) is 7.43. The number of anilines is 1. The molecular formula is C30H24Cl2N4O15. The van der Waals surface area contributed by atoms with Gasteiger partial charge in [0, 0.05) is 41.2 Å². The molecule has 0 saturated heterocycles. The Morgan fingerprint density at radius 1 is 0.804 bits per heavy atom. The zero-order valence-electron chi connectivity index (χ0n) is 25.6. The maximum atomic E-state index is 13.5. The fourth-order valence-corrected chi connectivity index (χ4v) is 5.98. The molecule has 8 N–H and O–H groups in total. The van der Waals surface area contributed by atoms with Gasteiger partial charge in [-0.15, -0.1) is 0 Å². The van der Waals surface area contributed by atoms with Crippen LogP contribution in [0.2, 0.25) is 10.0 Å². The first kappa shape index (κ1) is 37.8. The number of halogens is 2. The van der Waals surface area contributed by atoms with E-state index in [-0.39, 0.29) is 27.6 Å². The standard InChI is InChI=1S/C30H24Cl2N4O15/c31-16-3-12-23(11-1-2-18(36(49)50)25(33)24(11)30(47)48)13-4-17(32)27(46)15(6-35(9-21(41)42)10-22(43)44)29(13)51-28(12)14(26(16)45)5-34(7-19(37)38)8-20(39)40/h1-4,45H,5-10,33H2,(H,37,38)(H,39,40)(H,41,42)(H,43,44)(H,47,48). The number of carbonyl (C=O) groups is 5. The fourth-order valence-electron chi connectivity index (χ4n) is 5.53. The van der Waals surface area contributed by atoms with Gasteiger partial charge >= 0.3 is 29.8 Å². The zero-order valence-corrected chi connectivity index (χ0v) is 27.1. The molecule has 1 aliphatic heterocycles. The molecule has 2 aromatic rings. The Balaban J connectivity index is 2.26. The van der Waals surface area contributed by atoms with Gasteiger partial charge < -0.3 is 40.8 Å². The summed E-state index contributed by atoms with van der Waals surface area (Å²) in [5, 5.41) is 69.5. The van der Waals surface area contributed by atoms with Crippen LogP contribution < -0.4 is 11.2 Å².